The third-order valence-electron chi connectivity index (χ3n) is 3.70. The summed E-state index contributed by atoms with van der Waals surface area (Å²) in [6.07, 6.45) is 2.51. The molecule has 1 unspecified atom stereocenters. The van der Waals surface area contributed by atoms with Crippen molar-refractivity contribution in [3.8, 4) is 6.07 Å². The second-order valence-electron chi connectivity index (χ2n) is 5.52. The lowest BCUT2D eigenvalue weighted by Crippen LogP contribution is -2.29. The van der Waals surface area contributed by atoms with Crippen LogP contribution in [-0.4, -0.2) is 17.6 Å². The molecule has 0 aliphatic carbocycles. The average Bonchev–Trinajstić information content (AvgIpc) is 2.65. The van der Waals surface area contributed by atoms with E-state index in [1.54, 1.807) is 0 Å². The van der Waals surface area contributed by atoms with Gasteiger partial charge in [-0.3, -0.25) is 4.79 Å². The van der Waals surface area contributed by atoms with Crippen LogP contribution < -0.4 is 5.32 Å². The van der Waals surface area contributed by atoms with Gasteiger partial charge in [0.2, 0.25) is 0 Å². The van der Waals surface area contributed by atoms with Gasteiger partial charge in [0.15, 0.2) is 0 Å². The van der Waals surface area contributed by atoms with E-state index in [4.69, 9.17) is 5.11 Å². The van der Waals surface area contributed by atoms with Gasteiger partial charge in [0.25, 0.3) is 5.91 Å². The predicted octanol–water partition coefficient (Wildman–Crippen LogP) is 3.36. The first-order chi connectivity index (χ1) is 12.1. The molecule has 1 atom stereocenters. The minimum atomic E-state index is -0.501. The highest BCUT2D eigenvalue weighted by Gasteiger charge is 2.17. The number of halogens is 1. The fraction of sp³-hybridized carbons (Fsp3) is 0.200. The molecule has 4 nitrogen and oxygen atoms in total. The van der Waals surface area contributed by atoms with Gasteiger partial charge in [-0.1, -0.05) is 42.5 Å². The second kappa shape index (κ2) is 9.36. The molecule has 0 aliphatic rings. The van der Waals surface area contributed by atoms with Crippen LogP contribution in [0.25, 0.3) is 6.08 Å². The minimum Gasteiger partial charge on any atom is -0.396 e. The summed E-state index contributed by atoms with van der Waals surface area (Å²) in [5.41, 5.74) is 1.42. The summed E-state index contributed by atoms with van der Waals surface area (Å²) in [6.45, 7) is 0.0235. The maximum atomic E-state index is 13.0. The lowest BCUT2D eigenvalue weighted by atomic mass is 10.0. The standard InChI is InChI=1S/C20H19FN2O2/c21-18-10-8-15(9-11-18)13-17(14-22)20(25)23-19(7-4-12-24)16-5-2-1-3-6-16/h1-3,5-6,8-11,13,19,24H,4,7,12H2,(H,23,25)/b17-13-. The zero-order valence-electron chi connectivity index (χ0n) is 13.7. The zero-order valence-corrected chi connectivity index (χ0v) is 13.7. The van der Waals surface area contributed by atoms with Gasteiger partial charge in [-0.2, -0.15) is 5.26 Å². The van der Waals surface area contributed by atoms with Crippen molar-refractivity contribution in [2.45, 2.75) is 18.9 Å². The SMILES string of the molecule is N#C/C(=C/c1ccc(F)cc1)C(=O)NC(CCCO)c1ccccc1. The molecule has 0 saturated heterocycles. The lowest BCUT2D eigenvalue weighted by Gasteiger charge is -2.18. The Morgan fingerprint density at radius 2 is 1.88 bits per heavy atom. The van der Waals surface area contributed by atoms with Crippen molar-refractivity contribution in [3.63, 3.8) is 0 Å². The Kier molecular flexibility index (Phi) is 6.87. The number of hydrogen-bond acceptors (Lipinski definition) is 3. The molecule has 2 aromatic rings. The molecule has 128 valence electrons. The summed E-state index contributed by atoms with van der Waals surface area (Å²) in [4.78, 5) is 12.5. The quantitative estimate of drug-likeness (QED) is 0.600. The largest absolute Gasteiger partial charge is 0.396 e. The van der Waals surface area contributed by atoms with Crippen LogP contribution in [0, 0.1) is 17.1 Å². The zero-order chi connectivity index (χ0) is 18.1. The van der Waals surface area contributed by atoms with Crippen LogP contribution in [0.1, 0.15) is 30.0 Å². The molecule has 0 aromatic heterocycles. The van der Waals surface area contributed by atoms with E-state index in [0.717, 1.165) is 5.56 Å². The normalized spacial score (nSPS) is 12.3. The predicted molar refractivity (Wildman–Crippen MR) is 93.6 cm³/mol. The molecule has 2 N–H and O–H groups in total. The Morgan fingerprint density at radius 1 is 1.20 bits per heavy atom. The summed E-state index contributed by atoms with van der Waals surface area (Å²) >= 11 is 0. The number of nitrogens with one attached hydrogen (secondary N) is 1. The number of hydrogen-bond donors (Lipinski definition) is 2. The van der Waals surface area contributed by atoms with Gasteiger partial charge < -0.3 is 10.4 Å². The Morgan fingerprint density at radius 3 is 2.48 bits per heavy atom. The van der Waals surface area contributed by atoms with E-state index < -0.39 is 5.91 Å². The smallest absolute Gasteiger partial charge is 0.262 e. The van der Waals surface area contributed by atoms with Crippen molar-refractivity contribution >= 4 is 12.0 Å². The average molecular weight is 338 g/mol. The number of amides is 1. The van der Waals surface area contributed by atoms with Crippen LogP contribution in [-0.2, 0) is 4.79 Å². The Bertz CT molecular complexity index is 765. The van der Waals surface area contributed by atoms with E-state index >= 15 is 0 Å². The monoisotopic (exact) mass is 338 g/mol. The van der Waals surface area contributed by atoms with Crippen LogP contribution in [0.5, 0.6) is 0 Å². The van der Waals surface area contributed by atoms with E-state index in [1.165, 1.54) is 30.3 Å². The van der Waals surface area contributed by atoms with Crippen LogP contribution in [0.2, 0.25) is 0 Å². The molecular formula is C20H19FN2O2. The number of carbonyl (C=O) groups excluding carboxylic acids is 1. The van der Waals surface area contributed by atoms with E-state index in [2.05, 4.69) is 5.32 Å². The topological polar surface area (TPSA) is 73.1 Å². The number of carbonyl (C=O) groups is 1. The minimum absolute atomic E-state index is 0.0235. The molecule has 0 saturated carbocycles. The molecule has 0 heterocycles. The number of benzene rings is 2. The maximum absolute atomic E-state index is 13.0. The highest BCUT2D eigenvalue weighted by Crippen LogP contribution is 2.19. The van der Waals surface area contributed by atoms with E-state index in [9.17, 15) is 14.4 Å². The molecule has 25 heavy (non-hydrogen) atoms. The maximum Gasteiger partial charge on any atom is 0.262 e. The number of nitriles is 1. The van der Waals surface area contributed by atoms with Gasteiger partial charge in [-0.05, 0) is 42.2 Å². The summed E-state index contributed by atoms with van der Waals surface area (Å²) in [5.74, 6) is -0.883. The van der Waals surface area contributed by atoms with Crippen LogP contribution in [0.15, 0.2) is 60.2 Å². The van der Waals surface area contributed by atoms with Crippen LogP contribution in [0.3, 0.4) is 0 Å². The number of nitrogens with zero attached hydrogens (tertiary/aromatic N) is 1. The Labute approximate surface area is 146 Å². The molecule has 5 heteroatoms. The van der Waals surface area contributed by atoms with E-state index in [-0.39, 0.29) is 24.0 Å². The fourth-order valence-corrected chi connectivity index (χ4v) is 2.41. The van der Waals surface area contributed by atoms with E-state index in [1.807, 2.05) is 36.4 Å². The van der Waals surface area contributed by atoms with Crippen molar-refractivity contribution < 1.29 is 14.3 Å². The summed E-state index contributed by atoms with van der Waals surface area (Å²) in [7, 11) is 0. The molecule has 0 fully saturated rings. The molecular weight excluding hydrogens is 319 g/mol. The van der Waals surface area contributed by atoms with Crippen LogP contribution >= 0.6 is 0 Å². The van der Waals surface area contributed by atoms with Gasteiger partial charge >= 0.3 is 0 Å². The molecule has 0 radical (unpaired) electrons. The van der Waals surface area contributed by atoms with Gasteiger partial charge in [-0.25, -0.2) is 4.39 Å². The summed E-state index contributed by atoms with van der Waals surface area (Å²) in [5, 5.41) is 21.2. The third kappa shape index (κ3) is 5.55. The van der Waals surface area contributed by atoms with Crippen molar-refractivity contribution in [3.05, 3.63) is 77.1 Å². The first kappa shape index (κ1) is 18.4. The molecule has 0 aliphatic heterocycles. The van der Waals surface area contributed by atoms with Crippen molar-refractivity contribution in [2.75, 3.05) is 6.61 Å². The Hall–Kier alpha value is -2.97. The third-order valence-corrected chi connectivity index (χ3v) is 3.70. The van der Waals surface area contributed by atoms with Gasteiger partial charge in [-0.15, -0.1) is 0 Å². The van der Waals surface area contributed by atoms with Crippen molar-refractivity contribution in [2.24, 2.45) is 0 Å². The van der Waals surface area contributed by atoms with Crippen molar-refractivity contribution in [1.29, 1.82) is 5.26 Å². The molecule has 0 bridgehead atoms. The fourth-order valence-electron chi connectivity index (χ4n) is 2.41. The summed E-state index contributed by atoms with van der Waals surface area (Å²) < 4.78 is 13.0. The highest BCUT2D eigenvalue weighted by molar-refractivity contribution is 6.01. The van der Waals surface area contributed by atoms with E-state index in [0.29, 0.717) is 18.4 Å². The van der Waals surface area contributed by atoms with Gasteiger partial charge in [0.1, 0.15) is 17.5 Å². The van der Waals surface area contributed by atoms with Gasteiger partial charge in [0, 0.05) is 6.61 Å². The first-order valence-electron chi connectivity index (χ1n) is 7.98. The number of rotatable bonds is 7. The number of aliphatic hydroxyl groups is 1. The van der Waals surface area contributed by atoms with Crippen molar-refractivity contribution in [1.82, 2.24) is 5.32 Å². The molecule has 2 aromatic carbocycles. The summed E-state index contributed by atoms with van der Waals surface area (Å²) in [6, 6.07) is 16.5. The molecule has 2 rings (SSSR count). The lowest BCUT2D eigenvalue weighted by molar-refractivity contribution is -0.117. The Balaban J connectivity index is 2.17. The van der Waals surface area contributed by atoms with Crippen LogP contribution in [0.4, 0.5) is 4.39 Å². The highest BCUT2D eigenvalue weighted by atomic mass is 19.1. The second-order valence-corrected chi connectivity index (χ2v) is 5.52. The molecule has 1 amide bonds. The molecule has 0 spiro atoms. The van der Waals surface area contributed by atoms with Gasteiger partial charge in [0.05, 0.1) is 6.04 Å². The first-order valence-corrected chi connectivity index (χ1v) is 7.98. The number of aliphatic hydroxyl groups excluding tert-OH is 1.